The van der Waals surface area contributed by atoms with Crippen molar-refractivity contribution in [3.8, 4) is 172 Å². The SMILES string of the molecule is O=C1O[C@H]2[C@@H]3OC(=O)c4cc(O)c(O)c(O)c4-c4c(cc(Oc5c(C(=O)O[C@H]6[C@H](OC(=O)c7cc(O)c(O)c(O)c7)O[C@H](COC(=O)c7cc(O)c(O)c(O)c7)[C@@H](OC(=O)c7cc(O)c(O)c(O)c7)[C@@H]6OC(=O)c6cc(O)c(O)c(O)c6)cc(O)c(O)c5O)c(O)c4O)C(=O)OC[C@H]2O[C@@H](OC(=O)c2cc(O)c(O)c(O)c2)[C@@H]3OC(=O)c2cc(O)c(O)c3c2[C@H]2C(=O)[C@@](O)(O3)C(=O)C=C12. The average molecular weight is 1870 g/mol. The molecule has 134 heavy (non-hydrogen) atoms. The molecule has 0 aromatic heterocycles. The van der Waals surface area contributed by atoms with Crippen molar-refractivity contribution in [3.05, 3.63) is 152 Å². The zero-order valence-electron chi connectivity index (χ0n) is 65.7. The minimum absolute atomic E-state index is 0.0499. The number of ketones is 2. The summed E-state index contributed by atoms with van der Waals surface area (Å²) in [5.74, 6) is -70.9. The lowest BCUT2D eigenvalue weighted by molar-refractivity contribution is -0.286. The molecule has 6 bridgehead atoms. The lowest BCUT2D eigenvalue weighted by Gasteiger charge is -2.44. The first kappa shape index (κ1) is 90.0. The number of carbonyl (C=O) groups excluding carboxylic acids is 12. The van der Waals surface area contributed by atoms with E-state index in [4.69, 9.17) is 66.3 Å². The van der Waals surface area contributed by atoms with E-state index in [1.165, 1.54) is 0 Å². The fourth-order valence-electron chi connectivity index (χ4n) is 14.5. The monoisotopic (exact) mass is 1870 g/mol. The lowest BCUT2D eigenvalue weighted by Crippen LogP contribution is -2.63. The van der Waals surface area contributed by atoms with Crippen LogP contribution in [-0.2, 0) is 71.2 Å². The average Bonchev–Trinajstić information content (AvgIpc) is 1.65. The minimum Gasteiger partial charge on any atom is -0.504 e. The summed E-state index contributed by atoms with van der Waals surface area (Å²) < 4.78 is 79.8. The molecule has 2 fully saturated rings. The number of ether oxygens (including phenoxy) is 14. The molecule has 12 atom stereocenters. The van der Waals surface area contributed by atoms with E-state index in [1.807, 2.05) is 0 Å². The molecule has 1 aliphatic carbocycles. The summed E-state index contributed by atoms with van der Waals surface area (Å²) >= 11 is 0. The van der Waals surface area contributed by atoms with Gasteiger partial charge in [0.1, 0.15) is 31.0 Å². The summed E-state index contributed by atoms with van der Waals surface area (Å²) in [5.41, 5.74) is -16.2. The van der Waals surface area contributed by atoms with Crippen molar-refractivity contribution in [2.45, 2.75) is 73.1 Å². The number of benzene rings is 9. The summed E-state index contributed by atoms with van der Waals surface area (Å²) in [6.45, 7) is -3.25. The van der Waals surface area contributed by atoms with Crippen LogP contribution in [0.2, 0.25) is 0 Å². The maximum atomic E-state index is 15.7. The molecule has 5 aliphatic heterocycles. The first-order valence-electron chi connectivity index (χ1n) is 37.3. The van der Waals surface area contributed by atoms with Crippen LogP contribution in [0.5, 0.6) is 161 Å². The molecule has 2 saturated heterocycles. The van der Waals surface area contributed by atoms with E-state index in [0.29, 0.717) is 66.7 Å². The van der Waals surface area contributed by atoms with Crippen molar-refractivity contribution < 1.29 is 257 Å². The molecule has 6 aliphatic rings. The Morgan fingerprint density at radius 2 is 0.754 bits per heavy atom. The first-order chi connectivity index (χ1) is 63.1. The van der Waals surface area contributed by atoms with Crippen molar-refractivity contribution in [1.29, 1.82) is 0 Å². The molecule has 52 nitrogen and oxygen atoms in total. The molecule has 0 spiro atoms. The molecule has 52 heteroatoms. The minimum atomic E-state index is -3.70. The zero-order chi connectivity index (χ0) is 97.4. The number of esters is 10. The van der Waals surface area contributed by atoms with Gasteiger partial charge in [0.2, 0.25) is 65.1 Å². The molecule has 5 heterocycles. The van der Waals surface area contributed by atoms with Crippen molar-refractivity contribution in [2.75, 3.05) is 13.2 Å². The third-order valence-corrected chi connectivity index (χ3v) is 21.0. The summed E-state index contributed by atoms with van der Waals surface area (Å²) in [7, 11) is 0. The van der Waals surface area contributed by atoms with Gasteiger partial charge in [-0.15, -0.1) is 0 Å². The Hall–Kier alpha value is -18.8. The van der Waals surface area contributed by atoms with Crippen LogP contribution in [0.4, 0.5) is 0 Å². The molecule has 0 radical (unpaired) electrons. The van der Waals surface area contributed by atoms with Gasteiger partial charge in [-0.05, 0) is 72.8 Å². The number of aliphatic hydroxyl groups is 1. The van der Waals surface area contributed by atoms with Gasteiger partial charge in [0.15, 0.2) is 157 Å². The Kier molecular flexibility index (Phi) is 22.3. The largest absolute Gasteiger partial charge is 0.504 e. The highest BCUT2D eigenvalue weighted by Gasteiger charge is 2.64. The zero-order valence-corrected chi connectivity index (χ0v) is 65.7. The van der Waals surface area contributed by atoms with Crippen LogP contribution < -0.4 is 9.47 Å². The standard InChI is InChI=1S/C82H56O52/c83-28-1-18(2-29(84)49(28)97)70(110)121-16-42-62(126-71(111)19-3-30(85)50(98)31(86)4-19)65(128-72(112)20-5-32(87)51(99)33(88)6-20)67(80(124-42)132-73(113)21-7-34(89)52(100)35(90)8-21)131-79(119)27-13-39(94)55(103)60(108)61(27)123-41-14-25-46(59(107)57(41)105)45-23(11-38(93)54(102)58(45)106)76(116)129-66-63-43(17-122-75(25)115)125-81(133-74(114)22-9-36(91)53(101)37(92)10-22)68(66)130-77(117)24-12-40(95)56(104)64-47(24)48-26(78(118)127-63)15-44(96)82(120,134-64)69(48)109/h1-15,42-43,48,62-63,65-68,80-81,83-95,97-108,120H,16-17H2/t42-,43-,48+,62-,63-,65+,66+,67-,68-,80+,81+,82+/m1/s1. The molecule has 0 unspecified atom stereocenters. The van der Waals surface area contributed by atoms with Crippen LogP contribution in [0.25, 0.3) is 11.1 Å². The van der Waals surface area contributed by atoms with Gasteiger partial charge in [0.05, 0.1) is 56.0 Å². The van der Waals surface area contributed by atoms with Gasteiger partial charge in [0, 0.05) is 34.9 Å². The molecule has 9 aromatic carbocycles. The van der Waals surface area contributed by atoms with Gasteiger partial charge in [-0.3, -0.25) is 9.59 Å². The Bertz CT molecular complexity index is 6620. The van der Waals surface area contributed by atoms with Crippen LogP contribution in [-0.4, -0.2) is 284 Å². The smallest absolute Gasteiger partial charge is 0.342 e. The van der Waals surface area contributed by atoms with Gasteiger partial charge < -0.3 is 199 Å². The molecule has 696 valence electrons. The second-order valence-electron chi connectivity index (χ2n) is 29.3. The summed E-state index contributed by atoms with van der Waals surface area (Å²) in [6.07, 6.45) is -28.3. The second-order valence-corrected chi connectivity index (χ2v) is 29.3. The van der Waals surface area contributed by atoms with Gasteiger partial charge in [-0.1, -0.05) is 0 Å². The number of hydrogen-bond acceptors (Lipinski definition) is 52. The maximum Gasteiger partial charge on any atom is 0.342 e. The van der Waals surface area contributed by atoms with E-state index >= 15 is 24.0 Å². The summed E-state index contributed by atoms with van der Waals surface area (Å²) in [5, 5.41) is 283. The van der Waals surface area contributed by atoms with E-state index < -0.39 is 391 Å². The number of Topliss-reactive ketones (excluding diaryl/α,β-unsaturated/α-hetero) is 1. The molecule has 0 amide bonds. The Morgan fingerprint density at radius 1 is 0.358 bits per heavy atom. The molecular formula is C82H56O52. The van der Waals surface area contributed by atoms with E-state index in [9.17, 15) is 166 Å². The number of cyclic esters (lactones) is 1. The highest BCUT2D eigenvalue weighted by atomic mass is 16.8. The number of rotatable bonds is 15. The van der Waals surface area contributed by atoms with Crippen LogP contribution in [0, 0.1) is 0 Å². The fraction of sp³-hybridized carbons (Fsp3) is 0.171. The molecule has 9 aromatic rings. The quantitative estimate of drug-likeness (QED) is 0.0301. The number of phenols is 25. The van der Waals surface area contributed by atoms with Gasteiger partial charge in [-0.25, -0.2) is 47.9 Å². The maximum absolute atomic E-state index is 15.7. The number of carbonyl (C=O) groups is 12. The van der Waals surface area contributed by atoms with E-state index in [2.05, 4.69) is 0 Å². The molecule has 15 rings (SSSR count). The predicted octanol–water partition coefficient (Wildman–Crippen LogP) is 1.87. The highest BCUT2D eigenvalue weighted by Crippen LogP contribution is 2.59. The van der Waals surface area contributed by atoms with E-state index in [0.717, 1.165) is 0 Å². The van der Waals surface area contributed by atoms with Gasteiger partial charge in [0.25, 0.3) is 0 Å². The Labute approximate surface area is 736 Å². The number of fused-ring (bicyclic) bond motifs is 4. The van der Waals surface area contributed by atoms with Crippen LogP contribution >= 0.6 is 0 Å². The van der Waals surface area contributed by atoms with Crippen molar-refractivity contribution >= 4 is 71.3 Å². The lowest BCUT2D eigenvalue weighted by atomic mass is 9.74. The predicted molar refractivity (Wildman–Crippen MR) is 410 cm³/mol. The van der Waals surface area contributed by atoms with Gasteiger partial charge >= 0.3 is 65.5 Å². The molecule has 26 N–H and O–H groups in total. The van der Waals surface area contributed by atoms with Crippen LogP contribution in [0.1, 0.15) is 105 Å². The highest BCUT2D eigenvalue weighted by molar-refractivity contribution is 6.25. The summed E-state index contributed by atoms with van der Waals surface area (Å²) in [4.78, 5) is 177. The van der Waals surface area contributed by atoms with Gasteiger partial charge in [-0.2, -0.15) is 0 Å². The van der Waals surface area contributed by atoms with Crippen LogP contribution in [0.15, 0.2) is 96.6 Å². The Balaban J connectivity index is 0.872. The Morgan fingerprint density at radius 3 is 1.26 bits per heavy atom. The normalized spacial score (nSPS) is 21.5. The second kappa shape index (κ2) is 33.1. The number of phenolic OH excluding ortho intramolecular Hbond substituents is 25. The topological polar surface area (TPSA) is 860 Å². The number of aromatic hydroxyl groups is 25. The van der Waals surface area contributed by atoms with E-state index in [1.54, 1.807) is 0 Å². The van der Waals surface area contributed by atoms with Crippen molar-refractivity contribution in [3.63, 3.8) is 0 Å². The summed E-state index contributed by atoms with van der Waals surface area (Å²) in [6, 6.07) is 4.75. The fourth-order valence-corrected chi connectivity index (χ4v) is 14.5. The van der Waals surface area contributed by atoms with E-state index in [-0.39, 0.29) is 24.3 Å². The molecule has 0 saturated carbocycles. The molecular weight excluding hydrogens is 1820 g/mol. The first-order valence-corrected chi connectivity index (χ1v) is 37.3. The van der Waals surface area contributed by atoms with Crippen LogP contribution in [0.3, 0.4) is 0 Å². The number of hydrogen-bond donors (Lipinski definition) is 26. The third kappa shape index (κ3) is 15.4. The van der Waals surface area contributed by atoms with Crippen molar-refractivity contribution in [1.82, 2.24) is 0 Å². The van der Waals surface area contributed by atoms with Crippen molar-refractivity contribution in [2.24, 2.45) is 0 Å². The third-order valence-electron chi connectivity index (χ3n) is 21.0.